The smallest absolute Gasteiger partial charge is 0.229 e. The molecule has 2 heterocycles. The number of ketones is 1. The summed E-state index contributed by atoms with van der Waals surface area (Å²) in [6, 6.07) is 13.7. The monoisotopic (exact) mass is 406 g/mol. The number of Topliss-reactive ketones (excluding diaryl/α,β-unsaturated/α-hetero) is 1. The van der Waals surface area contributed by atoms with Crippen LogP contribution in [0.25, 0.3) is 0 Å². The summed E-state index contributed by atoms with van der Waals surface area (Å²) in [5.41, 5.74) is 2.21. The van der Waals surface area contributed by atoms with Crippen LogP contribution in [-0.4, -0.2) is 34.9 Å². The van der Waals surface area contributed by atoms with Gasteiger partial charge in [-0.25, -0.2) is 9.37 Å². The minimum absolute atomic E-state index is 0.0253. The molecule has 1 aromatic heterocycles. The highest BCUT2D eigenvalue weighted by atomic mass is 19.1. The second-order valence-corrected chi connectivity index (χ2v) is 7.28. The van der Waals surface area contributed by atoms with Gasteiger partial charge >= 0.3 is 0 Å². The molecule has 0 amide bonds. The number of benzene rings is 2. The highest BCUT2D eigenvalue weighted by Gasteiger charge is 2.30. The molecular weight excluding hydrogens is 383 g/mol. The maximum atomic E-state index is 13.2. The van der Waals surface area contributed by atoms with Crippen LogP contribution in [0.3, 0.4) is 0 Å². The van der Waals surface area contributed by atoms with E-state index in [0.717, 1.165) is 17.1 Å². The van der Waals surface area contributed by atoms with E-state index in [2.05, 4.69) is 20.2 Å². The number of nitrogens with one attached hydrogen (secondary N) is 1. The van der Waals surface area contributed by atoms with E-state index in [9.17, 15) is 9.18 Å². The molecule has 154 valence electrons. The summed E-state index contributed by atoms with van der Waals surface area (Å²) >= 11 is 0. The van der Waals surface area contributed by atoms with Gasteiger partial charge in [-0.2, -0.15) is 4.98 Å². The van der Waals surface area contributed by atoms with E-state index >= 15 is 0 Å². The van der Waals surface area contributed by atoms with Gasteiger partial charge in [0.15, 0.2) is 5.78 Å². The number of aryl methyl sites for hydroxylation is 1. The zero-order chi connectivity index (χ0) is 21.1. The fraction of sp³-hybridized carbons (Fsp3) is 0.261. The Kier molecular flexibility index (Phi) is 5.61. The van der Waals surface area contributed by atoms with Crippen LogP contribution >= 0.6 is 0 Å². The van der Waals surface area contributed by atoms with Crippen molar-refractivity contribution in [1.29, 1.82) is 0 Å². The van der Waals surface area contributed by atoms with Crippen molar-refractivity contribution in [2.75, 3.05) is 23.3 Å². The van der Waals surface area contributed by atoms with Crippen LogP contribution in [0.4, 0.5) is 21.8 Å². The number of nitrogens with zero attached hydrogens (tertiary/aromatic N) is 3. The number of anilines is 3. The van der Waals surface area contributed by atoms with Crippen molar-refractivity contribution in [3.05, 3.63) is 71.7 Å². The summed E-state index contributed by atoms with van der Waals surface area (Å²) in [5.74, 6) is 1.79. The molecule has 0 bridgehead atoms. The Balaban J connectivity index is 1.38. The van der Waals surface area contributed by atoms with E-state index < -0.39 is 0 Å². The number of aromatic nitrogens is 2. The van der Waals surface area contributed by atoms with Crippen LogP contribution in [0.2, 0.25) is 0 Å². The highest BCUT2D eigenvalue weighted by molar-refractivity contribution is 5.96. The Hall–Kier alpha value is -3.48. The van der Waals surface area contributed by atoms with Gasteiger partial charge in [-0.3, -0.25) is 4.79 Å². The van der Waals surface area contributed by atoms with Gasteiger partial charge in [0.1, 0.15) is 23.5 Å². The zero-order valence-electron chi connectivity index (χ0n) is 16.9. The second-order valence-electron chi connectivity index (χ2n) is 7.28. The van der Waals surface area contributed by atoms with Crippen LogP contribution in [0.15, 0.2) is 54.7 Å². The molecule has 0 aliphatic carbocycles. The third-order valence-electron chi connectivity index (χ3n) is 5.01. The number of hydrogen-bond donors (Lipinski definition) is 1. The molecule has 0 radical (unpaired) electrons. The van der Waals surface area contributed by atoms with Gasteiger partial charge in [-0.1, -0.05) is 19.1 Å². The molecule has 1 fully saturated rings. The summed E-state index contributed by atoms with van der Waals surface area (Å²) in [6.07, 6.45) is 2.19. The molecular formula is C23H23FN4O2. The number of halogens is 1. The van der Waals surface area contributed by atoms with E-state index in [4.69, 9.17) is 4.74 Å². The van der Waals surface area contributed by atoms with Crippen LogP contribution < -0.4 is 15.0 Å². The average molecular weight is 406 g/mol. The molecule has 4 rings (SSSR count). The molecule has 3 aromatic rings. The molecule has 1 aliphatic rings. The number of carbonyl (C=O) groups excluding carboxylic acids is 1. The van der Waals surface area contributed by atoms with Crippen LogP contribution in [0, 0.1) is 12.7 Å². The summed E-state index contributed by atoms with van der Waals surface area (Å²) in [5, 5.41) is 3.16. The predicted octanol–water partition coefficient (Wildman–Crippen LogP) is 4.53. The SMILES string of the molecule is CCC(=O)c1cccc(Nc2nccc(N3CC(Oc4ccc(F)cc4C)C3)n2)c1. The number of carbonyl (C=O) groups is 1. The van der Waals surface area contributed by atoms with Crippen molar-refractivity contribution < 1.29 is 13.9 Å². The third kappa shape index (κ3) is 4.40. The van der Waals surface area contributed by atoms with Gasteiger partial charge in [-0.15, -0.1) is 0 Å². The lowest BCUT2D eigenvalue weighted by Crippen LogP contribution is -2.54. The molecule has 0 saturated carbocycles. The van der Waals surface area contributed by atoms with Crippen molar-refractivity contribution in [3.8, 4) is 5.75 Å². The van der Waals surface area contributed by atoms with Crippen molar-refractivity contribution >= 4 is 23.2 Å². The van der Waals surface area contributed by atoms with Gasteiger partial charge in [-0.05, 0) is 48.9 Å². The molecule has 2 aromatic carbocycles. The summed E-state index contributed by atoms with van der Waals surface area (Å²) in [6.45, 7) is 5.05. The quantitative estimate of drug-likeness (QED) is 0.582. The van der Waals surface area contributed by atoms with Crippen LogP contribution in [0.1, 0.15) is 29.3 Å². The minimum atomic E-state index is -0.263. The predicted molar refractivity (Wildman–Crippen MR) is 114 cm³/mol. The lowest BCUT2D eigenvalue weighted by atomic mass is 10.1. The average Bonchev–Trinajstić information content (AvgIpc) is 2.71. The first-order valence-electron chi connectivity index (χ1n) is 9.93. The molecule has 0 unspecified atom stereocenters. The lowest BCUT2D eigenvalue weighted by molar-refractivity contribution is 0.0988. The molecule has 7 heteroatoms. The number of ether oxygens (including phenoxy) is 1. The van der Waals surface area contributed by atoms with Gasteiger partial charge in [0.2, 0.25) is 5.95 Å². The van der Waals surface area contributed by atoms with Crippen LogP contribution in [0.5, 0.6) is 5.75 Å². The zero-order valence-corrected chi connectivity index (χ0v) is 16.9. The van der Waals surface area contributed by atoms with Crippen molar-refractivity contribution in [2.45, 2.75) is 26.4 Å². The Bertz CT molecular complexity index is 1070. The Morgan fingerprint density at radius 1 is 1.23 bits per heavy atom. The normalized spacial score (nSPS) is 13.6. The standard InChI is InChI=1S/C23H23FN4O2/c1-3-20(29)16-5-4-6-18(12-16)26-23-25-10-9-22(27-23)28-13-19(14-28)30-21-8-7-17(24)11-15(21)2/h4-12,19H,3,13-14H2,1-2H3,(H,25,26,27). The second kappa shape index (κ2) is 8.49. The fourth-order valence-electron chi connectivity index (χ4n) is 3.31. The van der Waals surface area contributed by atoms with E-state index in [1.165, 1.54) is 12.1 Å². The Morgan fingerprint density at radius 2 is 2.07 bits per heavy atom. The van der Waals surface area contributed by atoms with Crippen molar-refractivity contribution in [1.82, 2.24) is 9.97 Å². The van der Waals surface area contributed by atoms with Crippen molar-refractivity contribution in [2.24, 2.45) is 0 Å². The van der Waals surface area contributed by atoms with Gasteiger partial charge < -0.3 is 15.0 Å². The summed E-state index contributed by atoms with van der Waals surface area (Å²) in [4.78, 5) is 22.8. The summed E-state index contributed by atoms with van der Waals surface area (Å²) < 4.78 is 19.2. The fourth-order valence-corrected chi connectivity index (χ4v) is 3.31. The maximum absolute atomic E-state index is 13.2. The molecule has 1 aliphatic heterocycles. The lowest BCUT2D eigenvalue weighted by Gasteiger charge is -2.40. The Morgan fingerprint density at radius 3 is 2.83 bits per heavy atom. The van der Waals surface area contributed by atoms with E-state index in [1.807, 2.05) is 32.0 Å². The molecule has 0 spiro atoms. The first kappa shape index (κ1) is 19.8. The first-order chi connectivity index (χ1) is 14.5. The molecule has 1 saturated heterocycles. The number of rotatable bonds is 7. The van der Waals surface area contributed by atoms with Gasteiger partial charge in [0.25, 0.3) is 0 Å². The first-order valence-corrected chi connectivity index (χ1v) is 9.93. The maximum Gasteiger partial charge on any atom is 0.229 e. The molecule has 30 heavy (non-hydrogen) atoms. The van der Waals surface area contributed by atoms with Gasteiger partial charge in [0, 0.05) is 23.9 Å². The Labute approximate surface area is 174 Å². The van der Waals surface area contributed by atoms with E-state index in [1.54, 1.807) is 24.4 Å². The highest BCUT2D eigenvalue weighted by Crippen LogP contribution is 2.26. The van der Waals surface area contributed by atoms with E-state index in [-0.39, 0.29) is 17.7 Å². The van der Waals surface area contributed by atoms with E-state index in [0.29, 0.717) is 36.8 Å². The van der Waals surface area contributed by atoms with Crippen LogP contribution in [-0.2, 0) is 0 Å². The largest absolute Gasteiger partial charge is 0.486 e. The molecule has 6 nitrogen and oxygen atoms in total. The minimum Gasteiger partial charge on any atom is -0.486 e. The molecule has 1 N–H and O–H groups in total. The van der Waals surface area contributed by atoms with Gasteiger partial charge in [0.05, 0.1) is 13.1 Å². The molecule has 0 atom stereocenters. The van der Waals surface area contributed by atoms with Crippen molar-refractivity contribution in [3.63, 3.8) is 0 Å². The summed E-state index contributed by atoms with van der Waals surface area (Å²) in [7, 11) is 0. The topological polar surface area (TPSA) is 67.4 Å². The number of hydrogen-bond acceptors (Lipinski definition) is 6. The third-order valence-corrected chi connectivity index (χ3v) is 5.01.